The van der Waals surface area contributed by atoms with Crippen LogP contribution < -0.4 is 10.6 Å². The molecule has 2 heterocycles. The number of aromatic nitrogens is 2. The Morgan fingerprint density at radius 2 is 2.26 bits per heavy atom. The van der Waals surface area contributed by atoms with E-state index in [0.29, 0.717) is 22.8 Å². The van der Waals surface area contributed by atoms with Crippen molar-refractivity contribution in [3.8, 4) is 0 Å². The number of fused-ring (bicyclic) bond motifs is 1. The Kier molecular flexibility index (Phi) is 5.62. The first-order valence-corrected chi connectivity index (χ1v) is 7.46. The van der Waals surface area contributed by atoms with Crippen LogP contribution in [0.15, 0.2) is 18.2 Å². The molecular formula is C15H17Cl2FN4O. The van der Waals surface area contributed by atoms with Gasteiger partial charge in [-0.2, -0.15) is 5.10 Å². The van der Waals surface area contributed by atoms with Gasteiger partial charge >= 0.3 is 0 Å². The summed E-state index contributed by atoms with van der Waals surface area (Å²) in [6.07, 6.45) is 0.828. The first-order valence-electron chi connectivity index (χ1n) is 7.09. The number of benzene rings is 1. The van der Waals surface area contributed by atoms with E-state index in [4.69, 9.17) is 11.6 Å². The van der Waals surface area contributed by atoms with Crippen molar-refractivity contribution in [2.24, 2.45) is 0 Å². The summed E-state index contributed by atoms with van der Waals surface area (Å²) in [6, 6.07) is 3.79. The minimum absolute atomic E-state index is 0. The zero-order valence-electron chi connectivity index (χ0n) is 12.5. The quantitative estimate of drug-likeness (QED) is 0.789. The van der Waals surface area contributed by atoms with Gasteiger partial charge in [0, 0.05) is 35.8 Å². The largest absolute Gasteiger partial charge is 0.344 e. The number of carbonyl (C=O) groups is 1. The number of nitrogens with zero attached hydrogens (tertiary/aromatic N) is 1. The molecular weight excluding hydrogens is 342 g/mol. The Hall–Kier alpha value is -1.63. The van der Waals surface area contributed by atoms with Gasteiger partial charge in [0.15, 0.2) is 5.69 Å². The molecule has 23 heavy (non-hydrogen) atoms. The minimum Gasteiger partial charge on any atom is -0.344 e. The Bertz CT molecular complexity index is 719. The fourth-order valence-corrected chi connectivity index (χ4v) is 2.94. The van der Waals surface area contributed by atoms with Crippen molar-refractivity contribution >= 4 is 29.9 Å². The van der Waals surface area contributed by atoms with E-state index in [1.54, 1.807) is 13.0 Å². The van der Waals surface area contributed by atoms with E-state index in [-0.39, 0.29) is 24.4 Å². The summed E-state index contributed by atoms with van der Waals surface area (Å²) in [5, 5.41) is 13.4. The molecule has 1 aromatic carbocycles. The van der Waals surface area contributed by atoms with Crippen LogP contribution in [0.4, 0.5) is 4.39 Å². The van der Waals surface area contributed by atoms with E-state index < -0.39 is 5.82 Å². The van der Waals surface area contributed by atoms with Crippen LogP contribution in [0.5, 0.6) is 0 Å². The molecule has 0 aliphatic carbocycles. The van der Waals surface area contributed by atoms with Gasteiger partial charge in [0.25, 0.3) is 5.91 Å². The highest BCUT2D eigenvalue weighted by atomic mass is 35.5. The molecule has 1 unspecified atom stereocenters. The second kappa shape index (κ2) is 7.29. The lowest BCUT2D eigenvalue weighted by molar-refractivity contribution is 0.0933. The van der Waals surface area contributed by atoms with E-state index in [1.807, 2.05) is 0 Å². The number of amides is 1. The first kappa shape index (κ1) is 17.7. The van der Waals surface area contributed by atoms with Crippen molar-refractivity contribution in [3.05, 3.63) is 51.6 Å². The van der Waals surface area contributed by atoms with E-state index >= 15 is 0 Å². The maximum atomic E-state index is 13.1. The molecule has 2 aromatic rings. The van der Waals surface area contributed by atoms with Crippen LogP contribution in [0.1, 0.15) is 40.3 Å². The first-order chi connectivity index (χ1) is 10.6. The van der Waals surface area contributed by atoms with E-state index in [2.05, 4.69) is 20.8 Å². The second-order valence-corrected chi connectivity index (χ2v) is 5.72. The number of aromatic amines is 1. The predicted molar refractivity (Wildman–Crippen MR) is 88.5 cm³/mol. The highest BCUT2D eigenvalue weighted by Gasteiger charge is 2.23. The van der Waals surface area contributed by atoms with Crippen molar-refractivity contribution in [1.82, 2.24) is 20.8 Å². The molecule has 1 aliphatic rings. The number of hydrogen-bond donors (Lipinski definition) is 3. The number of hydrogen-bond acceptors (Lipinski definition) is 3. The number of nitrogens with one attached hydrogen (secondary N) is 3. The Morgan fingerprint density at radius 1 is 1.48 bits per heavy atom. The summed E-state index contributed by atoms with van der Waals surface area (Å²) in [5.41, 5.74) is 2.96. The SMILES string of the molecule is CC(NC(=O)c1n[nH]c2c1CNCC2)c1ccc(F)cc1Cl.Cl. The van der Waals surface area contributed by atoms with Gasteiger partial charge in [-0.05, 0) is 24.6 Å². The molecule has 0 saturated carbocycles. The molecule has 8 heteroatoms. The molecule has 1 atom stereocenters. The van der Waals surface area contributed by atoms with E-state index in [9.17, 15) is 9.18 Å². The lowest BCUT2D eigenvalue weighted by Gasteiger charge is -2.17. The third kappa shape index (κ3) is 3.65. The lowest BCUT2D eigenvalue weighted by Crippen LogP contribution is -2.30. The van der Waals surface area contributed by atoms with Gasteiger partial charge in [-0.1, -0.05) is 17.7 Å². The van der Waals surface area contributed by atoms with Gasteiger partial charge in [0.1, 0.15) is 5.82 Å². The Labute approximate surface area is 144 Å². The van der Waals surface area contributed by atoms with Crippen LogP contribution in [0, 0.1) is 5.82 Å². The number of carbonyl (C=O) groups excluding carboxylic acids is 1. The van der Waals surface area contributed by atoms with Gasteiger partial charge in [-0.25, -0.2) is 4.39 Å². The van der Waals surface area contributed by atoms with E-state index in [1.165, 1.54) is 12.1 Å². The molecule has 3 rings (SSSR count). The zero-order valence-corrected chi connectivity index (χ0v) is 14.0. The summed E-state index contributed by atoms with van der Waals surface area (Å²) in [7, 11) is 0. The zero-order chi connectivity index (χ0) is 15.7. The van der Waals surface area contributed by atoms with Crippen LogP contribution in [0.25, 0.3) is 0 Å². The number of halogens is 3. The van der Waals surface area contributed by atoms with Crippen molar-refractivity contribution in [3.63, 3.8) is 0 Å². The summed E-state index contributed by atoms with van der Waals surface area (Å²) < 4.78 is 13.1. The topological polar surface area (TPSA) is 69.8 Å². The fourth-order valence-electron chi connectivity index (χ4n) is 2.61. The predicted octanol–water partition coefficient (Wildman–Crippen LogP) is 2.76. The van der Waals surface area contributed by atoms with Gasteiger partial charge in [0.2, 0.25) is 0 Å². The number of rotatable bonds is 3. The maximum Gasteiger partial charge on any atom is 0.272 e. The van der Waals surface area contributed by atoms with Crippen LogP contribution >= 0.6 is 24.0 Å². The van der Waals surface area contributed by atoms with Crippen LogP contribution in [0.2, 0.25) is 5.02 Å². The average molecular weight is 359 g/mol. The van der Waals surface area contributed by atoms with Crippen LogP contribution in [-0.2, 0) is 13.0 Å². The normalized spacial score (nSPS) is 14.6. The van der Waals surface area contributed by atoms with Crippen molar-refractivity contribution in [1.29, 1.82) is 0 Å². The summed E-state index contributed by atoms with van der Waals surface area (Å²) >= 11 is 6.02. The second-order valence-electron chi connectivity index (χ2n) is 5.32. The van der Waals surface area contributed by atoms with Crippen molar-refractivity contribution < 1.29 is 9.18 Å². The molecule has 3 N–H and O–H groups in total. The fraction of sp³-hybridized carbons (Fsp3) is 0.333. The third-order valence-corrected chi connectivity index (χ3v) is 4.13. The maximum absolute atomic E-state index is 13.1. The molecule has 1 aliphatic heterocycles. The molecule has 0 bridgehead atoms. The van der Waals surface area contributed by atoms with Gasteiger partial charge < -0.3 is 10.6 Å². The number of H-pyrrole nitrogens is 1. The smallest absolute Gasteiger partial charge is 0.272 e. The minimum atomic E-state index is -0.403. The monoisotopic (exact) mass is 358 g/mol. The van der Waals surface area contributed by atoms with Gasteiger partial charge in [0.05, 0.1) is 6.04 Å². The molecule has 0 radical (unpaired) electrons. The summed E-state index contributed by atoms with van der Waals surface area (Å²) in [5.74, 6) is -0.672. The van der Waals surface area contributed by atoms with Gasteiger partial charge in [-0.15, -0.1) is 12.4 Å². The Morgan fingerprint density at radius 3 is 3.00 bits per heavy atom. The average Bonchev–Trinajstić information content (AvgIpc) is 2.91. The van der Waals surface area contributed by atoms with Gasteiger partial charge in [-0.3, -0.25) is 9.89 Å². The molecule has 124 valence electrons. The molecule has 5 nitrogen and oxygen atoms in total. The highest BCUT2D eigenvalue weighted by molar-refractivity contribution is 6.31. The highest BCUT2D eigenvalue weighted by Crippen LogP contribution is 2.24. The molecule has 0 spiro atoms. The van der Waals surface area contributed by atoms with E-state index in [0.717, 1.165) is 24.2 Å². The van der Waals surface area contributed by atoms with Crippen LogP contribution in [0.3, 0.4) is 0 Å². The summed E-state index contributed by atoms with van der Waals surface area (Å²) in [4.78, 5) is 12.4. The molecule has 1 aromatic heterocycles. The van der Waals surface area contributed by atoms with Crippen LogP contribution in [-0.4, -0.2) is 22.6 Å². The molecule has 0 fully saturated rings. The molecule has 0 saturated heterocycles. The van der Waals surface area contributed by atoms with Crippen molar-refractivity contribution in [2.75, 3.05) is 6.54 Å². The lowest BCUT2D eigenvalue weighted by atomic mass is 10.1. The third-order valence-electron chi connectivity index (χ3n) is 3.80. The summed E-state index contributed by atoms with van der Waals surface area (Å²) in [6.45, 7) is 3.30. The Balaban J connectivity index is 0.00000192. The van der Waals surface area contributed by atoms with Crippen molar-refractivity contribution in [2.45, 2.75) is 25.9 Å². The molecule has 1 amide bonds. The standard InChI is InChI=1S/C15H16ClFN4O.ClH/c1-8(10-3-2-9(17)6-12(10)16)19-15(22)14-11-7-18-5-4-13(11)20-21-14;/h2-3,6,8,18H,4-5,7H2,1H3,(H,19,22)(H,20,21);1H.